The fourth-order valence-corrected chi connectivity index (χ4v) is 4.22. The molecule has 0 radical (unpaired) electrons. The van der Waals surface area contributed by atoms with Gasteiger partial charge in [0.1, 0.15) is 11.5 Å². The minimum absolute atomic E-state index is 0.0938. The van der Waals surface area contributed by atoms with Crippen LogP contribution in [0.1, 0.15) is 5.56 Å². The molecule has 1 aromatic heterocycles. The molecular weight excluding hydrogens is 424 g/mol. The second kappa shape index (κ2) is 10.4. The summed E-state index contributed by atoms with van der Waals surface area (Å²) in [7, 11) is 1.66. The number of aromatic nitrogens is 2. The number of rotatable bonds is 7. The Kier molecular flexibility index (Phi) is 7.11. The molecule has 166 valence electrons. The first kappa shape index (κ1) is 22.0. The van der Waals surface area contributed by atoms with E-state index in [4.69, 9.17) is 9.47 Å². The monoisotopic (exact) mass is 450 g/mol. The standard InChI is InChI=1S/C24H26N4O3S/c1-18-3-7-21(8-4-18)31-23-24(26-12-11-25-23)32-17-22(29)28-15-13-27(14-16-28)19-5-9-20(30-2)10-6-19/h3-12H,13-17H2,1-2H3. The predicted octanol–water partition coefficient (Wildman–Crippen LogP) is 4.03. The lowest BCUT2D eigenvalue weighted by Gasteiger charge is -2.36. The van der Waals surface area contributed by atoms with Crippen molar-refractivity contribution in [2.75, 3.05) is 43.9 Å². The van der Waals surface area contributed by atoms with Gasteiger partial charge >= 0.3 is 0 Å². The summed E-state index contributed by atoms with van der Waals surface area (Å²) in [5.41, 5.74) is 2.30. The predicted molar refractivity (Wildman–Crippen MR) is 126 cm³/mol. The first-order chi connectivity index (χ1) is 15.6. The molecule has 8 heteroatoms. The van der Waals surface area contributed by atoms with Crippen molar-refractivity contribution < 1.29 is 14.3 Å². The SMILES string of the molecule is COc1ccc(N2CCN(C(=O)CSc3nccnc3Oc3ccc(C)cc3)CC2)cc1. The van der Waals surface area contributed by atoms with E-state index in [2.05, 4.69) is 27.0 Å². The van der Waals surface area contributed by atoms with Crippen LogP contribution in [0.15, 0.2) is 66.0 Å². The average molecular weight is 451 g/mol. The Morgan fingerprint density at radius 3 is 2.28 bits per heavy atom. The summed E-state index contributed by atoms with van der Waals surface area (Å²) in [6.45, 7) is 5.01. The second-order valence-electron chi connectivity index (χ2n) is 7.44. The Balaban J connectivity index is 1.30. The van der Waals surface area contributed by atoms with Gasteiger partial charge in [-0.1, -0.05) is 29.5 Å². The van der Waals surface area contributed by atoms with Gasteiger partial charge in [-0.15, -0.1) is 0 Å². The largest absolute Gasteiger partial charge is 0.497 e. The Morgan fingerprint density at radius 2 is 1.59 bits per heavy atom. The molecule has 2 aromatic carbocycles. The van der Waals surface area contributed by atoms with Crippen LogP contribution in [0.4, 0.5) is 5.69 Å². The molecule has 0 saturated carbocycles. The van der Waals surface area contributed by atoms with Crippen molar-refractivity contribution in [2.45, 2.75) is 11.9 Å². The summed E-state index contributed by atoms with van der Waals surface area (Å²) in [6.07, 6.45) is 3.20. The molecule has 1 saturated heterocycles. The van der Waals surface area contributed by atoms with Crippen molar-refractivity contribution in [1.82, 2.24) is 14.9 Å². The maximum atomic E-state index is 12.8. The van der Waals surface area contributed by atoms with Crippen molar-refractivity contribution in [3.63, 3.8) is 0 Å². The first-order valence-corrected chi connectivity index (χ1v) is 11.5. The highest BCUT2D eigenvalue weighted by Crippen LogP contribution is 2.29. The smallest absolute Gasteiger partial charge is 0.252 e. The van der Waals surface area contributed by atoms with E-state index in [1.54, 1.807) is 19.5 Å². The minimum atomic E-state index is 0.0938. The molecule has 32 heavy (non-hydrogen) atoms. The first-order valence-electron chi connectivity index (χ1n) is 10.5. The summed E-state index contributed by atoms with van der Waals surface area (Å²) in [6, 6.07) is 15.8. The number of ether oxygens (including phenoxy) is 2. The Morgan fingerprint density at radius 1 is 0.938 bits per heavy atom. The zero-order chi connectivity index (χ0) is 22.3. The molecule has 0 spiro atoms. The van der Waals surface area contributed by atoms with Gasteiger partial charge < -0.3 is 19.3 Å². The molecule has 1 amide bonds. The third kappa shape index (κ3) is 5.50. The summed E-state index contributed by atoms with van der Waals surface area (Å²) in [4.78, 5) is 25.6. The number of nitrogens with zero attached hydrogens (tertiary/aromatic N) is 4. The van der Waals surface area contributed by atoms with Crippen LogP contribution >= 0.6 is 11.8 Å². The van der Waals surface area contributed by atoms with Crippen LogP contribution in [-0.4, -0.2) is 59.8 Å². The van der Waals surface area contributed by atoms with Crippen molar-refractivity contribution in [2.24, 2.45) is 0 Å². The van der Waals surface area contributed by atoms with E-state index in [1.165, 1.54) is 11.8 Å². The number of carbonyl (C=O) groups is 1. The molecule has 0 bridgehead atoms. The fraction of sp³-hybridized carbons (Fsp3) is 0.292. The van der Waals surface area contributed by atoms with Gasteiger partial charge in [-0.05, 0) is 43.3 Å². The van der Waals surface area contributed by atoms with Gasteiger partial charge in [-0.25, -0.2) is 9.97 Å². The highest BCUT2D eigenvalue weighted by molar-refractivity contribution is 8.00. The van der Waals surface area contributed by atoms with E-state index in [0.29, 0.717) is 35.5 Å². The quantitative estimate of drug-likeness (QED) is 0.504. The molecule has 7 nitrogen and oxygen atoms in total. The van der Waals surface area contributed by atoms with Crippen molar-refractivity contribution in [1.29, 1.82) is 0 Å². The fourth-order valence-electron chi connectivity index (χ4n) is 3.43. The van der Waals surface area contributed by atoms with Crippen molar-refractivity contribution >= 4 is 23.4 Å². The molecule has 0 aliphatic carbocycles. The zero-order valence-corrected chi connectivity index (χ0v) is 19.0. The molecule has 2 heterocycles. The summed E-state index contributed by atoms with van der Waals surface area (Å²) in [5, 5.41) is 0.610. The lowest BCUT2D eigenvalue weighted by atomic mass is 10.2. The third-order valence-electron chi connectivity index (χ3n) is 5.27. The number of anilines is 1. The van der Waals surface area contributed by atoms with Crippen LogP contribution in [0, 0.1) is 6.92 Å². The highest BCUT2D eigenvalue weighted by atomic mass is 32.2. The molecule has 4 rings (SSSR count). The topological polar surface area (TPSA) is 67.8 Å². The van der Waals surface area contributed by atoms with Crippen LogP contribution in [0.25, 0.3) is 0 Å². The number of methoxy groups -OCH3 is 1. The Labute approximate surface area is 192 Å². The molecule has 1 aliphatic rings. The van der Waals surface area contributed by atoms with E-state index >= 15 is 0 Å². The van der Waals surface area contributed by atoms with Crippen LogP contribution in [-0.2, 0) is 4.79 Å². The number of benzene rings is 2. The number of amides is 1. The van der Waals surface area contributed by atoms with E-state index < -0.39 is 0 Å². The molecule has 0 N–H and O–H groups in total. The van der Waals surface area contributed by atoms with E-state index in [1.807, 2.05) is 48.2 Å². The van der Waals surface area contributed by atoms with Gasteiger partial charge in [0, 0.05) is 44.3 Å². The maximum absolute atomic E-state index is 12.8. The lowest BCUT2D eigenvalue weighted by Crippen LogP contribution is -2.49. The normalized spacial score (nSPS) is 13.7. The zero-order valence-electron chi connectivity index (χ0n) is 18.2. The Hall–Kier alpha value is -3.26. The third-order valence-corrected chi connectivity index (χ3v) is 6.22. The molecule has 1 fully saturated rings. The van der Waals surface area contributed by atoms with Gasteiger partial charge in [0.15, 0.2) is 5.03 Å². The summed E-state index contributed by atoms with van der Waals surface area (Å²) < 4.78 is 11.1. The molecular formula is C24H26N4O3S. The summed E-state index contributed by atoms with van der Waals surface area (Å²) in [5.74, 6) is 2.34. The highest BCUT2D eigenvalue weighted by Gasteiger charge is 2.22. The number of hydrogen-bond acceptors (Lipinski definition) is 7. The molecule has 3 aromatic rings. The van der Waals surface area contributed by atoms with Gasteiger partial charge in [-0.2, -0.15) is 0 Å². The number of aryl methyl sites for hydroxylation is 1. The molecule has 0 unspecified atom stereocenters. The number of piperazine rings is 1. The second-order valence-corrected chi connectivity index (χ2v) is 8.40. The minimum Gasteiger partial charge on any atom is -0.497 e. The van der Waals surface area contributed by atoms with Crippen LogP contribution < -0.4 is 14.4 Å². The maximum Gasteiger partial charge on any atom is 0.252 e. The molecule has 0 atom stereocenters. The van der Waals surface area contributed by atoms with Crippen LogP contribution in [0.2, 0.25) is 0 Å². The number of carbonyl (C=O) groups excluding carboxylic acids is 1. The number of hydrogen-bond donors (Lipinski definition) is 0. The van der Waals surface area contributed by atoms with E-state index in [0.717, 1.165) is 30.1 Å². The van der Waals surface area contributed by atoms with Gasteiger partial charge in [0.05, 0.1) is 12.9 Å². The number of thioether (sulfide) groups is 1. The Bertz CT molecular complexity index is 1040. The van der Waals surface area contributed by atoms with Crippen molar-refractivity contribution in [3.05, 3.63) is 66.5 Å². The summed E-state index contributed by atoms with van der Waals surface area (Å²) >= 11 is 1.36. The average Bonchev–Trinajstić information content (AvgIpc) is 2.85. The van der Waals surface area contributed by atoms with Crippen molar-refractivity contribution in [3.8, 4) is 17.4 Å². The van der Waals surface area contributed by atoms with Crippen LogP contribution in [0.5, 0.6) is 17.4 Å². The van der Waals surface area contributed by atoms with E-state index in [-0.39, 0.29) is 5.91 Å². The van der Waals surface area contributed by atoms with Gasteiger partial charge in [-0.3, -0.25) is 4.79 Å². The molecule has 1 aliphatic heterocycles. The van der Waals surface area contributed by atoms with Gasteiger partial charge in [0.25, 0.3) is 5.88 Å². The van der Waals surface area contributed by atoms with E-state index in [9.17, 15) is 4.79 Å². The van der Waals surface area contributed by atoms with Crippen LogP contribution in [0.3, 0.4) is 0 Å². The lowest BCUT2D eigenvalue weighted by molar-refractivity contribution is -0.128. The van der Waals surface area contributed by atoms with Gasteiger partial charge in [0.2, 0.25) is 5.91 Å².